The molecule has 2 rings (SSSR count). The minimum Gasteiger partial charge on any atom is -0.465 e. The number of ketones is 1. The highest BCUT2D eigenvalue weighted by Crippen LogP contribution is 2.18. The number of carbonyl (C=O) groups excluding carboxylic acids is 3. The molecular weight excluding hydrogens is 374 g/mol. The smallest absolute Gasteiger partial charge is 0.320 e. The Bertz CT molecular complexity index is 801. The van der Waals surface area contributed by atoms with E-state index in [1.165, 1.54) is 0 Å². The molecule has 0 saturated carbocycles. The summed E-state index contributed by atoms with van der Waals surface area (Å²) in [5, 5.41) is 0. The molecule has 2 aromatic rings. The van der Waals surface area contributed by atoms with Crippen LogP contribution in [0.2, 0.25) is 0 Å². The molecule has 0 aliphatic rings. The Labute approximate surface area is 171 Å². The average Bonchev–Trinajstić information content (AvgIpc) is 3.36. The maximum Gasteiger partial charge on any atom is 0.320 e. The summed E-state index contributed by atoms with van der Waals surface area (Å²) in [5.74, 6) is -2.20. The van der Waals surface area contributed by atoms with Crippen LogP contribution in [0.4, 0.5) is 0 Å². The average molecular weight is 403 g/mol. The summed E-state index contributed by atoms with van der Waals surface area (Å²) < 4.78 is 17.2. The molecule has 0 aromatic carbocycles. The minimum atomic E-state index is -1.02. The van der Waals surface area contributed by atoms with Gasteiger partial charge >= 0.3 is 11.9 Å². The van der Waals surface area contributed by atoms with Gasteiger partial charge in [-0.1, -0.05) is 13.3 Å². The van der Waals surface area contributed by atoms with Crippen molar-refractivity contribution in [1.29, 1.82) is 0 Å². The first-order valence-corrected chi connectivity index (χ1v) is 10.1. The lowest BCUT2D eigenvalue weighted by molar-refractivity contribution is -0.162. The van der Waals surface area contributed by atoms with Crippen LogP contribution < -0.4 is 0 Å². The molecule has 0 spiro atoms. The van der Waals surface area contributed by atoms with Gasteiger partial charge in [0.15, 0.2) is 11.7 Å². The van der Waals surface area contributed by atoms with Crippen LogP contribution >= 0.6 is 0 Å². The molecule has 0 fully saturated rings. The molecule has 158 valence electrons. The summed E-state index contributed by atoms with van der Waals surface area (Å²) in [4.78, 5) is 37.1. The predicted molar refractivity (Wildman–Crippen MR) is 107 cm³/mol. The van der Waals surface area contributed by atoms with Crippen LogP contribution in [0.3, 0.4) is 0 Å². The van der Waals surface area contributed by atoms with Gasteiger partial charge in [-0.15, -0.1) is 0 Å². The normalized spacial score (nSPS) is 10.9. The van der Waals surface area contributed by atoms with Gasteiger partial charge in [-0.25, -0.2) is 0 Å². The molecule has 0 radical (unpaired) electrons. The van der Waals surface area contributed by atoms with Crippen molar-refractivity contribution < 1.29 is 28.3 Å². The molecule has 0 bridgehead atoms. The predicted octanol–water partition coefficient (Wildman–Crippen LogP) is 3.79. The van der Waals surface area contributed by atoms with E-state index in [4.69, 9.17) is 13.9 Å². The van der Waals surface area contributed by atoms with Gasteiger partial charge in [0, 0.05) is 12.7 Å². The van der Waals surface area contributed by atoms with Crippen molar-refractivity contribution >= 4 is 17.7 Å². The van der Waals surface area contributed by atoms with Crippen LogP contribution in [0, 0.1) is 5.92 Å². The minimum absolute atomic E-state index is 0.173. The summed E-state index contributed by atoms with van der Waals surface area (Å²) in [6.45, 7) is 6.13. The number of nitrogens with zero attached hydrogens (tertiary/aromatic N) is 1. The second kappa shape index (κ2) is 11.2. The first-order chi connectivity index (χ1) is 14.0. The Morgan fingerprint density at radius 1 is 1.10 bits per heavy atom. The van der Waals surface area contributed by atoms with E-state index in [0.717, 1.165) is 24.8 Å². The highest BCUT2D eigenvalue weighted by Gasteiger charge is 2.29. The van der Waals surface area contributed by atoms with Gasteiger partial charge in [0.25, 0.3) is 0 Å². The van der Waals surface area contributed by atoms with Gasteiger partial charge in [0.1, 0.15) is 0 Å². The monoisotopic (exact) mass is 403 g/mol. The van der Waals surface area contributed by atoms with Gasteiger partial charge in [-0.05, 0) is 56.9 Å². The summed E-state index contributed by atoms with van der Waals surface area (Å²) in [7, 11) is 0. The number of ether oxygens (including phenoxy) is 2. The lowest BCUT2D eigenvalue weighted by Gasteiger charge is -2.15. The van der Waals surface area contributed by atoms with Gasteiger partial charge in [-0.2, -0.15) is 0 Å². The molecule has 0 atom stereocenters. The first-order valence-electron chi connectivity index (χ1n) is 10.1. The number of hydrogen-bond donors (Lipinski definition) is 0. The fraction of sp³-hybridized carbons (Fsp3) is 0.500. The van der Waals surface area contributed by atoms with Crippen molar-refractivity contribution in [2.75, 3.05) is 13.2 Å². The van der Waals surface area contributed by atoms with E-state index in [2.05, 4.69) is 6.92 Å². The summed E-state index contributed by atoms with van der Waals surface area (Å²) in [5.41, 5.74) is 1.44. The largest absolute Gasteiger partial charge is 0.465 e. The molecule has 2 heterocycles. The van der Waals surface area contributed by atoms with Crippen molar-refractivity contribution in [3.05, 3.63) is 47.7 Å². The first kappa shape index (κ1) is 22.5. The fourth-order valence-corrected chi connectivity index (χ4v) is 3.03. The van der Waals surface area contributed by atoms with Crippen molar-refractivity contribution in [3.63, 3.8) is 0 Å². The van der Waals surface area contributed by atoms with Crippen LogP contribution in [-0.4, -0.2) is 35.5 Å². The molecule has 29 heavy (non-hydrogen) atoms. The Balaban J connectivity index is 2.10. The third kappa shape index (κ3) is 6.07. The number of rotatable bonds is 12. The SMILES string of the molecule is CCCCc1coc(C(=O)c2cccn2CCC(C(=O)OCC)C(=O)OCC)c1. The third-order valence-corrected chi connectivity index (χ3v) is 4.56. The molecule has 0 N–H and O–H groups in total. The number of carbonyl (C=O) groups is 3. The molecule has 0 unspecified atom stereocenters. The van der Waals surface area contributed by atoms with E-state index in [0.29, 0.717) is 12.2 Å². The highest BCUT2D eigenvalue weighted by molar-refractivity contribution is 6.06. The van der Waals surface area contributed by atoms with E-state index < -0.39 is 17.9 Å². The van der Waals surface area contributed by atoms with Gasteiger partial charge < -0.3 is 18.5 Å². The zero-order chi connectivity index (χ0) is 21.2. The van der Waals surface area contributed by atoms with Crippen molar-refractivity contribution in [3.8, 4) is 0 Å². The van der Waals surface area contributed by atoms with Gasteiger partial charge in [-0.3, -0.25) is 14.4 Å². The Hall–Kier alpha value is -2.83. The molecule has 0 aliphatic heterocycles. The number of furan rings is 1. The zero-order valence-electron chi connectivity index (χ0n) is 17.3. The Morgan fingerprint density at radius 3 is 2.41 bits per heavy atom. The van der Waals surface area contributed by atoms with Crippen LogP contribution in [0.5, 0.6) is 0 Å². The van der Waals surface area contributed by atoms with Crippen LogP contribution in [0.25, 0.3) is 0 Å². The second-order valence-corrected chi connectivity index (χ2v) is 6.68. The Morgan fingerprint density at radius 2 is 1.79 bits per heavy atom. The number of hydrogen-bond acceptors (Lipinski definition) is 6. The van der Waals surface area contributed by atoms with E-state index in [1.54, 1.807) is 49.1 Å². The lowest BCUT2D eigenvalue weighted by atomic mass is 10.1. The molecule has 0 aliphatic carbocycles. The molecule has 7 heteroatoms. The lowest BCUT2D eigenvalue weighted by Crippen LogP contribution is -2.29. The molecular formula is C22H29NO6. The van der Waals surface area contributed by atoms with E-state index in [-0.39, 0.29) is 31.2 Å². The van der Waals surface area contributed by atoms with E-state index in [9.17, 15) is 14.4 Å². The van der Waals surface area contributed by atoms with Gasteiger partial charge in [0.05, 0.1) is 25.2 Å². The summed E-state index contributed by atoms with van der Waals surface area (Å²) in [6, 6.07) is 5.22. The topological polar surface area (TPSA) is 87.7 Å². The van der Waals surface area contributed by atoms with Gasteiger partial charge in [0.2, 0.25) is 5.78 Å². The number of unbranched alkanes of at least 4 members (excludes halogenated alkanes) is 1. The number of esters is 2. The summed E-state index contributed by atoms with van der Waals surface area (Å²) >= 11 is 0. The van der Waals surface area contributed by atoms with Crippen molar-refractivity contribution in [1.82, 2.24) is 4.57 Å². The van der Waals surface area contributed by atoms with E-state index >= 15 is 0 Å². The Kier molecular flexibility index (Phi) is 8.70. The second-order valence-electron chi connectivity index (χ2n) is 6.68. The molecule has 0 amide bonds. The third-order valence-electron chi connectivity index (χ3n) is 4.56. The van der Waals surface area contributed by atoms with Crippen LogP contribution in [0.15, 0.2) is 35.1 Å². The standard InChI is InChI=1S/C22H29NO6/c1-4-7-9-16-14-19(29-15-16)20(24)18-10-8-12-23(18)13-11-17(21(25)27-5-2)22(26)28-6-3/h8,10,12,14-15,17H,4-7,9,11,13H2,1-3H3. The maximum absolute atomic E-state index is 12.8. The molecule has 7 nitrogen and oxygen atoms in total. The highest BCUT2D eigenvalue weighted by atomic mass is 16.6. The zero-order valence-corrected chi connectivity index (χ0v) is 17.3. The van der Waals surface area contributed by atoms with Crippen LogP contribution in [-0.2, 0) is 32.0 Å². The van der Waals surface area contributed by atoms with Crippen molar-refractivity contribution in [2.24, 2.45) is 5.92 Å². The number of aromatic nitrogens is 1. The van der Waals surface area contributed by atoms with Crippen molar-refractivity contribution in [2.45, 2.75) is 53.0 Å². The number of aryl methyl sites for hydroxylation is 2. The fourth-order valence-electron chi connectivity index (χ4n) is 3.03. The quantitative estimate of drug-likeness (QED) is 0.304. The maximum atomic E-state index is 12.8. The van der Waals surface area contributed by atoms with E-state index in [1.807, 2.05) is 0 Å². The van der Waals surface area contributed by atoms with Crippen LogP contribution in [0.1, 0.15) is 61.8 Å². The molecule has 0 saturated heterocycles. The molecule has 2 aromatic heterocycles. The summed E-state index contributed by atoms with van der Waals surface area (Å²) in [6.07, 6.45) is 6.50.